The highest BCUT2D eigenvalue weighted by Crippen LogP contribution is 2.35. The summed E-state index contributed by atoms with van der Waals surface area (Å²) in [6.07, 6.45) is 9.40. The van der Waals surface area contributed by atoms with Crippen molar-refractivity contribution in [3.8, 4) is 0 Å². The number of thiol groups is 1. The monoisotopic (exact) mass is 285 g/mol. The lowest BCUT2D eigenvalue weighted by atomic mass is 9.79. The molecule has 1 saturated carbocycles. The summed E-state index contributed by atoms with van der Waals surface area (Å²) in [4.78, 5) is 2.63. The fourth-order valence-electron chi connectivity index (χ4n) is 3.82. The maximum Gasteiger partial charge on any atom is 0.0472 e. The van der Waals surface area contributed by atoms with Crippen LogP contribution in [-0.4, -0.2) is 43.5 Å². The summed E-state index contributed by atoms with van der Waals surface area (Å²) in [7, 11) is 2.33. The van der Waals surface area contributed by atoms with Crippen molar-refractivity contribution in [2.24, 2.45) is 11.3 Å². The topological polar surface area (TPSA) is 12.5 Å². The van der Waals surface area contributed by atoms with E-state index in [1.165, 1.54) is 51.5 Å². The van der Waals surface area contributed by atoms with E-state index < -0.39 is 0 Å². The van der Waals surface area contributed by atoms with Gasteiger partial charge in [0.15, 0.2) is 0 Å². The molecule has 1 aliphatic carbocycles. The van der Waals surface area contributed by atoms with Gasteiger partial charge in [-0.1, -0.05) is 13.3 Å². The van der Waals surface area contributed by atoms with Crippen molar-refractivity contribution < 1.29 is 4.74 Å². The Labute approximate surface area is 124 Å². The molecule has 1 saturated heterocycles. The molecule has 1 aliphatic heterocycles. The highest BCUT2D eigenvalue weighted by atomic mass is 32.1. The summed E-state index contributed by atoms with van der Waals surface area (Å²) < 4.78 is 5.53. The zero-order chi connectivity index (χ0) is 13.7. The molecule has 0 spiro atoms. The normalized spacial score (nSPS) is 31.6. The van der Waals surface area contributed by atoms with Crippen LogP contribution < -0.4 is 0 Å². The molecule has 2 rings (SSSR count). The Hall–Kier alpha value is 0.270. The standard InChI is InChI=1S/C16H31NOS/c1-3-14-4-6-15(7-5-14)17(2)12-16(13-19)8-10-18-11-9-16/h14-15,19H,3-13H2,1-2H3. The minimum atomic E-state index is 0.401. The molecule has 0 unspecified atom stereocenters. The van der Waals surface area contributed by atoms with Gasteiger partial charge in [-0.15, -0.1) is 0 Å². The van der Waals surface area contributed by atoms with Crippen LogP contribution in [0.5, 0.6) is 0 Å². The molecule has 0 radical (unpaired) electrons. The Morgan fingerprint density at radius 1 is 1.16 bits per heavy atom. The van der Waals surface area contributed by atoms with Crippen molar-refractivity contribution in [2.75, 3.05) is 32.6 Å². The minimum Gasteiger partial charge on any atom is -0.381 e. The van der Waals surface area contributed by atoms with Gasteiger partial charge in [0.2, 0.25) is 0 Å². The average molecular weight is 285 g/mol. The van der Waals surface area contributed by atoms with Crippen LogP contribution in [0.2, 0.25) is 0 Å². The quantitative estimate of drug-likeness (QED) is 0.775. The molecular weight excluding hydrogens is 254 g/mol. The molecule has 0 bridgehead atoms. The summed E-state index contributed by atoms with van der Waals surface area (Å²) >= 11 is 4.63. The van der Waals surface area contributed by atoms with Gasteiger partial charge in [-0.25, -0.2) is 0 Å². The first-order chi connectivity index (χ1) is 9.19. The third kappa shape index (κ3) is 4.12. The van der Waals surface area contributed by atoms with Crippen LogP contribution in [0.1, 0.15) is 51.9 Å². The maximum atomic E-state index is 5.53. The molecule has 2 fully saturated rings. The Morgan fingerprint density at radius 3 is 2.32 bits per heavy atom. The van der Waals surface area contributed by atoms with E-state index >= 15 is 0 Å². The Balaban J connectivity index is 1.84. The average Bonchev–Trinajstić information content (AvgIpc) is 2.48. The molecule has 0 N–H and O–H groups in total. The van der Waals surface area contributed by atoms with Gasteiger partial charge in [-0.2, -0.15) is 12.6 Å². The van der Waals surface area contributed by atoms with E-state index in [1.807, 2.05) is 0 Å². The number of hydrogen-bond donors (Lipinski definition) is 1. The van der Waals surface area contributed by atoms with Crippen molar-refractivity contribution in [3.05, 3.63) is 0 Å². The number of hydrogen-bond acceptors (Lipinski definition) is 3. The number of ether oxygens (including phenoxy) is 1. The van der Waals surface area contributed by atoms with Gasteiger partial charge in [-0.3, -0.25) is 0 Å². The molecule has 2 aliphatic rings. The van der Waals surface area contributed by atoms with E-state index in [-0.39, 0.29) is 0 Å². The van der Waals surface area contributed by atoms with Crippen molar-refractivity contribution >= 4 is 12.6 Å². The van der Waals surface area contributed by atoms with Gasteiger partial charge in [-0.05, 0) is 62.7 Å². The maximum absolute atomic E-state index is 5.53. The summed E-state index contributed by atoms with van der Waals surface area (Å²) in [5, 5.41) is 0. The second kappa shape index (κ2) is 7.33. The minimum absolute atomic E-state index is 0.401. The van der Waals surface area contributed by atoms with E-state index in [0.717, 1.165) is 30.9 Å². The summed E-state index contributed by atoms with van der Waals surface area (Å²) in [6, 6.07) is 0.808. The highest BCUT2D eigenvalue weighted by molar-refractivity contribution is 7.80. The largest absolute Gasteiger partial charge is 0.381 e. The van der Waals surface area contributed by atoms with E-state index in [1.54, 1.807) is 0 Å². The molecule has 19 heavy (non-hydrogen) atoms. The summed E-state index contributed by atoms with van der Waals surface area (Å²) in [5.41, 5.74) is 0.401. The SMILES string of the molecule is CCC1CCC(N(C)CC2(CS)CCOCC2)CC1. The molecule has 1 heterocycles. The molecular formula is C16H31NOS. The van der Waals surface area contributed by atoms with Gasteiger partial charge in [0.05, 0.1) is 0 Å². The van der Waals surface area contributed by atoms with Crippen LogP contribution in [0.25, 0.3) is 0 Å². The lowest BCUT2D eigenvalue weighted by molar-refractivity contribution is 0.00128. The zero-order valence-corrected chi connectivity index (χ0v) is 13.6. The molecule has 2 nitrogen and oxygen atoms in total. The smallest absolute Gasteiger partial charge is 0.0472 e. The molecule has 0 aromatic carbocycles. The van der Waals surface area contributed by atoms with Crippen LogP contribution in [-0.2, 0) is 4.74 Å². The second-order valence-electron chi connectivity index (χ2n) is 6.77. The second-order valence-corrected chi connectivity index (χ2v) is 7.08. The number of nitrogens with zero attached hydrogens (tertiary/aromatic N) is 1. The summed E-state index contributed by atoms with van der Waals surface area (Å²) in [5.74, 6) is 2.00. The molecule has 0 atom stereocenters. The molecule has 0 aromatic heterocycles. The molecule has 3 heteroatoms. The lowest BCUT2D eigenvalue weighted by Crippen LogP contribution is -2.46. The van der Waals surface area contributed by atoms with Crippen LogP contribution >= 0.6 is 12.6 Å². The molecule has 0 amide bonds. The fourth-order valence-corrected chi connectivity index (χ4v) is 4.24. The van der Waals surface area contributed by atoms with Gasteiger partial charge in [0.1, 0.15) is 0 Å². The van der Waals surface area contributed by atoms with Crippen molar-refractivity contribution in [3.63, 3.8) is 0 Å². The summed E-state index contributed by atoms with van der Waals surface area (Å²) in [6.45, 7) is 5.40. The molecule has 0 aromatic rings. The Bertz CT molecular complexity index is 257. The Morgan fingerprint density at radius 2 is 1.79 bits per heavy atom. The predicted molar refractivity (Wildman–Crippen MR) is 85.0 cm³/mol. The number of rotatable bonds is 5. The van der Waals surface area contributed by atoms with Gasteiger partial charge < -0.3 is 9.64 Å². The van der Waals surface area contributed by atoms with E-state index in [2.05, 4.69) is 31.5 Å². The van der Waals surface area contributed by atoms with Crippen LogP contribution in [0.15, 0.2) is 0 Å². The first-order valence-electron chi connectivity index (χ1n) is 8.08. The Kier molecular flexibility index (Phi) is 6.04. The van der Waals surface area contributed by atoms with Crippen molar-refractivity contribution in [1.82, 2.24) is 4.90 Å². The molecule has 112 valence electrons. The highest BCUT2D eigenvalue weighted by Gasteiger charge is 2.34. The third-order valence-electron chi connectivity index (χ3n) is 5.49. The van der Waals surface area contributed by atoms with E-state index in [0.29, 0.717) is 5.41 Å². The van der Waals surface area contributed by atoms with Crippen molar-refractivity contribution in [2.45, 2.75) is 57.9 Å². The fraction of sp³-hybridized carbons (Fsp3) is 1.00. The van der Waals surface area contributed by atoms with Crippen LogP contribution in [0.4, 0.5) is 0 Å². The first kappa shape index (κ1) is 15.7. The zero-order valence-electron chi connectivity index (χ0n) is 12.7. The van der Waals surface area contributed by atoms with Crippen LogP contribution in [0.3, 0.4) is 0 Å². The van der Waals surface area contributed by atoms with Gasteiger partial charge in [0.25, 0.3) is 0 Å². The first-order valence-corrected chi connectivity index (χ1v) is 8.71. The van der Waals surface area contributed by atoms with E-state index in [9.17, 15) is 0 Å². The van der Waals surface area contributed by atoms with Gasteiger partial charge in [0, 0.05) is 25.8 Å². The van der Waals surface area contributed by atoms with Crippen molar-refractivity contribution in [1.29, 1.82) is 0 Å². The predicted octanol–water partition coefficient (Wildman–Crippen LogP) is 3.61. The lowest BCUT2D eigenvalue weighted by Gasteiger charge is -2.43. The van der Waals surface area contributed by atoms with E-state index in [4.69, 9.17) is 4.74 Å². The third-order valence-corrected chi connectivity index (χ3v) is 6.16. The van der Waals surface area contributed by atoms with Gasteiger partial charge >= 0.3 is 0 Å². The van der Waals surface area contributed by atoms with Crippen LogP contribution in [0, 0.1) is 11.3 Å².